The van der Waals surface area contributed by atoms with Gasteiger partial charge >= 0.3 is 0 Å². The molecule has 1 unspecified atom stereocenters. The van der Waals surface area contributed by atoms with E-state index in [1.807, 2.05) is 51.1 Å². The van der Waals surface area contributed by atoms with E-state index in [1.54, 1.807) is 18.9 Å². The van der Waals surface area contributed by atoms with Crippen molar-refractivity contribution in [1.29, 1.82) is 0 Å². The van der Waals surface area contributed by atoms with Gasteiger partial charge in [0.05, 0.1) is 0 Å². The predicted molar refractivity (Wildman–Crippen MR) is 114 cm³/mol. The largest absolute Gasteiger partial charge is 0.483 e. The normalized spacial score (nSPS) is 11.6. The van der Waals surface area contributed by atoms with Gasteiger partial charge in [-0.15, -0.1) is 0 Å². The Balaban J connectivity index is 2.20. The second kappa shape index (κ2) is 9.73. The van der Waals surface area contributed by atoms with Crippen molar-refractivity contribution in [2.75, 3.05) is 13.7 Å². The molecule has 150 valence electrons. The molecule has 5 nitrogen and oxygen atoms in total. The molecule has 0 fully saturated rings. The number of carbonyl (C=O) groups is 2. The molecule has 0 aliphatic rings. The Hall–Kier alpha value is -2.34. The Morgan fingerprint density at radius 3 is 2.54 bits per heavy atom. The quantitative estimate of drug-likeness (QED) is 0.700. The maximum Gasteiger partial charge on any atom is 0.261 e. The van der Waals surface area contributed by atoms with Crippen LogP contribution in [0.5, 0.6) is 5.75 Å². The molecule has 6 heteroatoms. The van der Waals surface area contributed by atoms with E-state index in [-0.39, 0.29) is 18.4 Å². The summed E-state index contributed by atoms with van der Waals surface area (Å²) in [6.07, 6.45) is 0. The van der Waals surface area contributed by atoms with Gasteiger partial charge in [0.25, 0.3) is 5.91 Å². The van der Waals surface area contributed by atoms with E-state index in [2.05, 4.69) is 27.3 Å². The number of hydrogen-bond acceptors (Lipinski definition) is 3. The van der Waals surface area contributed by atoms with Crippen molar-refractivity contribution in [2.45, 2.75) is 40.3 Å². The van der Waals surface area contributed by atoms with Gasteiger partial charge in [-0.1, -0.05) is 34.1 Å². The molecule has 2 aromatic rings. The highest BCUT2D eigenvalue weighted by Crippen LogP contribution is 2.23. The van der Waals surface area contributed by atoms with E-state index in [9.17, 15) is 9.59 Å². The lowest BCUT2D eigenvalue weighted by atomic mass is 10.1. The maximum absolute atomic E-state index is 13.0. The molecule has 0 spiro atoms. The molecule has 2 aromatic carbocycles. The fraction of sp³-hybridized carbons (Fsp3) is 0.364. The van der Waals surface area contributed by atoms with Crippen molar-refractivity contribution in [2.24, 2.45) is 0 Å². The van der Waals surface area contributed by atoms with Gasteiger partial charge in [0.1, 0.15) is 11.8 Å². The summed E-state index contributed by atoms with van der Waals surface area (Å²) in [5.74, 6) is 0.237. The van der Waals surface area contributed by atoms with Crippen LogP contribution in [0.15, 0.2) is 40.9 Å². The molecule has 2 amide bonds. The zero-order valence-corrected chi connectivity index (χ0v) is 18.6. The molecule has 0 saturated carbocycles. The fourth-order valence-corrected chi connectivity index (χ4v) is 3.44. The van der Waals surface area contributed by atoms with E-state index in [1.165, 1.54) is 0 Å². The monoisotopic (exact) mass is 446 g/mol. The minimum Gasteiger partial charge on any atom is -0.483 e. The van der Waals surface area contributed by atoms with Crippen molar-refractivity contribution in [3.8, 4) is 5.75 Å². The lowest BCUT2D eigenvalue weighted by Gasteiger charge is -2.28. The average molecular weight is 447 g/mol. The van der Waals surface area contributed by atoms with Crippen molar-refractivity contribution in [1.82, 2.24) is 10.2 Å². The molecule has 0 aliphatic heterocycles. The second-order valence-electron chi connectivity index (χ2n) is 6.94. The van der Waals surface area contributed by atoms with Gasteiger partial charge < -0.3 is 15.0 Å². The zero-order chi connectivity index (χ0) is 20.8. The highest BCUT2D eigenvalue weighted by molar-refractivity contribution is 9.10. The third-order valence-electron chi connectivity index (χ3n) is 4.77. The third kappa shape index (κ3) is 5.58. The van der Waals surface area contributed by atoms with Crippen LogP contribution in [0.1, 0.15) is 29.2 Å². The van der Waals surface area contributed by atoms with E-state index in [0.717, 1.165) is 26.7 Å². The highest BCUT2D eigenvalue weighted by Gasteiger charge is 2.26. The Bertz CT molecular complexity index is 867. The molecule has 28 heavy (non-hydrogen) atoms. The summed E-state index contributed by atoms with van der Waals surface area (Å²) in [5, 5.41) is 2.61. The molecular weight excluding hydrogens is 420 g/mol. The van der Waals surface area contributed by atoms with Crippen LogP contribution in [-0.2, 0) is 16.1 Å². The Kier molecular flexibility index (Phi) is 7.63. The van der Waals surface area contributed by atoms with Gasteiger partial charge in [-0.05, 0) is 68.1 Å². The van der Waals surface area contributed by atoms with Crippen molar-refractivity contribution in [3.63, 3.8) is 0 Å². The summed E-state index contributed by atoms with van der Waals surface area (Å²) in [7, 11) is 1.57. The minimum absolute atomic E-state index is 0.126. The summed E-state index contributed by atoms with van der Waals surface area (Å²) in [4.78, 5) is 26.7. The summed E-state index contributed by atoms with van der Waals surface area (Å²) in [6, 6.07) is 11.1. The number of nitrogens with one attached hydrogen (secondary N) is 1. The van der Waals surface area contributed by atoms with Crippen LogP contribution in [0, 0.1) is 20.8 Å². The van der Waals surface area contributed by atoms with Gasteiger partial charge in [0.15, 0.2) is 6.61 Å². The van der Waals surface area contributed by atoms with Crippen LogP contribution >= 0.6 is 15.9 Å². The molecule has 0 aromatic heterocycles. The zero-order valence-electron chi connectivity index (χ0n) is 17.0. The SMILES string of the molecule is CNC(=O)C(C)N(Cc1cccc(Br)c1)C(=O)COc1cc(C)cc(C)c1C. The van der Waals surface area contributed by atoms with Gasteiger partial charge in [-0.3, -0.25) is 9.59 Å². The van der Waals surface area contributed by atoms with E-state index in [4.69, 9.17) is 4.74 Å². The third-order valence-corrected chi connectivity index (χ3v) is 5.26. The second-order valence-corrected chi connectivity index (χ2v) is 7.85. The van der Waals surface area contributed by atoms with Crippen molar-refractivity contribution < 1.29 is 14.3 Å². The maximum atomic E-state index is 13.0. The highest BCUT2D eigenvalue weighted by atomic mass is 79.9. The number of halogens is 1. The van der Waals surface area contributed by atoms with Gasteiger partial charge in [0.2, 0.25) is 5.91 Å². The fourth-order valence-electron chi connectivity index (χ4n) is 3.00. The number of amides is 2. The van der Waals surface area contributed by atoms with E-state index in [0.29, 0.717) is 12.3 Å². The summed E-state index contributed by atoms with van der Waals surface area (Å²) in [6.45, 7) is 7.90. The number of aryl methyl sites for hydroxylation is 2. The average Bonchev–Trinajstić information content (AvgIpc) is 2.66. The number of likely N-dealkylation sites (N-methyl/N-ethyl adjacent to an activating group) is 1. The Labute approximate surface area is 175 Å². The summed E-state index contributed by atoms with van der Waals surface area (Å²) in [5.41, 5.74) is 4.14. The molecule has 0 aliphatic carbocycles. The minimum atomic E-state index is -0.611. The van der Waals surface area contributed by atoms with E-state index >= 15 is 0 Å². The summed E-state index contributed by atoms with van der Waals surface area (Å²) >= 11 is 3.44. The first-order valence-electron chi connectivity index (χ1n) is 9.19. The number of hydrogen-bond donors (Lipinski definition) is 1. The van der Waals surface area contributed by atoms with E-state index < -0.39 is 6.04 Å². The van der Waals surface area contributed by atoms with Crippen LogP contribution in [0.4, 0.5) is 0 Å². The standard InChI is InChI=1S/C22H27BrN2O3/c1-14-9-15(2)16(3)20(10-14)28-13-21(26)25(17(4)22(27)24-5)12-18-7-6-8-19(23)11-18/h6-11,17H,12-13H2,1-5H3,(H,24,27). The van der Waals surface area contributed by atoms with Crippen LogP contribution in [0.25, 0.3) is 0 Å². The first-order chi connectivity index (χ1) is 13.2. The lowest BCUT2D eigenvalue weighted by Crippen LogP contribution is -2.48. The summed E-state index contributed by atoms with van der Waals surface area (Å²) < 4.78 is 6.76. The number of carbonyl (C=O) groups excluding carboxylic acids is 2. The number of rotatable bonds is 7. The molecule has 1 N–H and O–H groups in total. The smallest absolute Gasteiger partial charge is 0.261 e. The predicted octanol–water partition coefficient (Wildman–Crippen LogP) is 3.92. The van der Waals surface area contributed by atoms with Crippen molar-refractivity contribution in [3.05, 3.63) is 63.1 Å². The van der Waals surface area contributed by atoms with Crippen LogP contribution in [-0.4, -0.2) is 36.4 Å². The molecular formula is C22H27BrN2O3. The van der Waals surface area contributed by atoms with Crippen LogP contribution < -0.4 is 10.1 Å². The Morgan fingerprint density at radius 1 is 1.18 bits per heavy atom. The molecule has 2 rings (SSSR count). The van der Waals surface area contributed by atoms with Gasteiger partial charge in [0, 0.05) is 18.1 Å². The van der Waals surface area contributed by atoms with Crippen molar-refractivity contribution >= 4 is 27.7 Å². The van der Waals surface area contributed by atoms with Gasteiger partial charge in [-0.2, -0.15) is 0 Å². The number of nitrogens with zero attached hydrogens (tertiary/aromatic N) is 1. The molecule has 1 atom stereocenters. The lowest BCUT2D eigenvalue weighted by molar-refractivity contribution is -0.142. The molecule has 0 bridgehead atoms. The molecule has 0 radical (unpaired) electrons. The van der Waals surface area contributed by atoms with Crippen LogP contribution in [0.2, 0.25) is 0 Å². The Morgan fingerprint density at radius 2 is 1.89 bits per heavy atom. The van der Waals surface area contributed by atoms with Gasteiger partial charge in [-0.25, -0.2) is 0 Å². The van der Waals surface area contributed by atoms with Crippen LogP contribution in [0.3, 0.4) is 0 Å². The number of ether oxygens (including phenoxy) is 1. The topological polar surface area (TPSA) is 58.6 Å². The first-order valence-corrected chi connectivity index (χ1v) is 9.98. The number of benzene rings is 2. The first kappa shape index (κ1) is 22.0. The molecule has 0 heterocycles. The molecule has 0 saturated heterocycles.